The SMILES string of the molecule is CCC(O)(CC)Cn1c(=O)[nH]c2ccccc2c1=O. The van der Waals surface area contributed by atoms with E-state index in [4.69, 9.17) is 0 Å². The standard InChI is InChI=1S/C14H18N2O3/c1-3-14(19,4-2)9-16-12(17)10-7-5-6-8-11(10)15-13(16)18/h5-8,19H,3-4,9H2,1-2H3,(H,15,18). The van der Waals surface area contributed by atoms with Crippen LogP contribution >= 0.6 is 0 Å². The highest BCUT2D eigenvalue weighted by Crippen LogP contribution is 2.16. The molecule has 0 amide bonds. The zero-order chi connectivity index (χ0) is 14.0. The van der Waals surface area contributed by atoms with E-state index in [1.165, 1.54) is 0 Å². The van der Waals surface area contributed by atoms with E-state index < -0.39 is 11.3 Å². The van der Waals surface area contributed by atoms with Crippen molar-refractivity contribution in [2.75, 3.05) is 0 Å². The van der Waals surface area contributed by atoms with Crippen LogP contribution in [0, 0.1) is 0 Å². The Hall–Kier alpha value is -1.88. The van der Waals surface area contributed by atoms with Crippen LogP contribution in [-0.4, -0.2) is 20.3 Å². The minimum atomic E-state index is -1.03. The molecule has 5 heteroatoms. The zero-order valence-electron chi connectivity index (χ0n) is 11.1. The highest BCUT2D eigenvalue weighted by molar-refractivity contribution is 5.76. The van der Waals surface area contributed by atoms with Crippen molar-refractivity contribution in [2.45, 2.75) is 38.8 Å². The third-order valence-electron chi connectivity index (χ3n) is 3.66. The van der Waals surface area contributed by atoms with Crippen LogP contribution in [0.1, 0.15) is 26.7 Å². The second-order valence-corrected chi connectivity index (χ2v) is 4.80. The van der Waals surface area contributed by atoms with E-state index in [0.29, 0.717) is 23.7 Å². The van der Waals surface area contributed by atoms with Gasteiger partial charge in [0.1, 0.15) is 0 Å². The van der Waals surface area contributed by atoms with E-state index in [1.54, 1.807) is 24.3 Å². The Morgan fingerprint density at radius 1 is 1.21 bits per heavy atom. The fourth-order valence-corrected chi connectivity index (χ4v) is 2.11. The number of aliphatic hydroxyl groups is 1. The molecule has 1 heterocycles. The molecule has 2 aromatic rings. The summed E-state index contributed by atoms with van der Waals surface area (Å²) in [5.74, 6) is 0. The number of aromatic amines is 1. The van der Waals surface area contributed by atoms with E-state index in [2.05, 4.69) is 4.98 Å². The van der Waals surface area contributed by atoms with Crippen molar-refractivity contribution in [3.8, 4) is 0 Å². The van der Waals surface area contributed by atoms with Gasteiger partial charge in [-0.05, 0) is 25.0 Å². The third kappa shape index (κ3) is 2.46. The minimum absolute atomic E-state index is 0.0129. The number of hydrogen-bond acceptors (Lipinski definition) is 3. The monoisotopic (exact) mass is 262 g/mol. The van der Waals surface area contributed by atoms with Gasteiger partial charge in [0.25, 0.3) is 5.56 Å². The molecule has 0 fully saturated rings. The predicted molar refractivity (Wildman–Crippen MR) is 74.4 cm³/mol. The first kappa shape index (κ1) is 13.5. The summed E-state index contributed by atoms with van der Waals surface area (Å²) in [6, 6.07) is 6.87. The molecular formula is C14H18N2O3. The second-order valence-electron chi connectivity index (χ2n) is 4.80. The lowest BCUT2D eigenvalue weighted by Gasteiger charge is -2.25. The Labute approximate surface area is 110 Å². The molecule has 0 spiro atoms. The molecule has 1 aromatic heterocycles. The van der Waals surface area contributed by atoms with Crippen molar-refractivity contribution < 1.29 is 5.11 Å². The van der Waals surface area contributed by atoms with Crippen LogP contribution in [0.5, 0.6) is 0 Å². The van der Waals surface area contributed by atoms with Crippen molar-refractivity contribution >= 4 is 10.9 Å². The highest BCUT2D eigenvalue weighted by atomic mass is 16.3. The van der Waals surface area contributed by atoms with E-state index in [-0.39, 0.29) is 12.1 Å². The number of benzene rings is 1. The van der Waals surface area contributed by atoms with Gasteiger partial charge in [0.05, 0.1) is 23.0 Å². The number of fused-ring (bicyclic) bond motifs is 1. The molecule has 19 heavy (non-hydrogen) atoms. The summed E-state index contributed by atoms with van der Waals surface area (Å²) in [5, 5.41) is 10.7. The van der Waals surface area contributed by atoms with Gasteiger partial charge in [-0.3, -0.25) is 9.36 Å². The lowest BCUT2D eigenvalue weighted by molar-refractivity contribution is 0.0131. The Bertz CT molecular complexity index is 696. The van der Waals surface area contributed by atoms with E-state index in [9.17, 15) is 14.7 Å². The normalized spacial score (nSPS) is 11.9. The van der Waals surface area contributed by atoms with Crippen molar-refractivity contribution in [3.05, 3.63) is 45.1 Å². The van der Waals surface area contributed by atoms with E-state index >= 15 is 0 Å². The number of rotatable bonds is 4. The Morgan fingerprint density at radius 3 is 2.47 bits per heavy atom. The summed E-state index contributed by atoms with van der Waals surface area (Å²) in [7, 11) is 0. The van der Waals surface area contributed by atoms with Gasteiger partial charge in [0.2, 0.25) is 0 Å². The lowest BCUT2D eigenvalue weighted by Crippen LogP contribution is -2.43. The minimum Gasteiger partial charge on any atom is -0.388 e. The molecule has 0 saturated carbocycles. The molecule has 2 rings (SSSR count). The van der Waals surface area contributed by atoms with Gasteiger partial charge in [-0.2, -0.15) is 0 Å². The number of para-hydroxylation sites is 1. The zero-order valence-corrected chi connectivity index (χ0v) is 11.1. The van der Waals surface area contributed by atoms with Crippen LogP contribution in [-0.2, 0) is 6.54 Å². The number of H-pyrrole nitrogens is 1. The van der Waals surface area contributed by atoms with Crippen molar-refractivity contribution in [1.29, 1.82) is 0 Å². The third-order valence-corrected chi connectivity index (χ3v) is 3.66. The van der Waals surface area contributed by atoms with Gasteiger partial charge in [-0.1, -0.05) is 26.0 Å². The van der Waals surface area contributed by atoms with Crippen LogP contribution in [0.4, 0.5) is 0 Å². The molecule has 5 nitrogen and oxygen atoms in total. The summed E-state index contributed by atoms with van der Waals surface area (Å²) in [5.41, 5.74) is -1.35. The topological polar surface area (TPSA) is 75.1 Å². The van der Waals surface area contributed by atoms with Gasteiger partial charge >= 0.3 is 5.69 Å². The summed E-state index contributed by atoms with van der Waals surface area (Å²) in [6.45, 7) is 3.69. The van der Waals surface area contributed by atoms with Crippen LogP contribution in [0.25, 0.3) is 10.9 Å². The van der Waals surface area contributed by atoms with Gasteiger partial charge in [0, 0.05) is 0 Å². The summed E-state index contributed by atoms with van der Waals surface area (Å²) in [6.07, 6.45) is 0.977. The number of nitrogens with zero attached hydrogens (tertiary/aromatic N) is 1. The molecule has 0 radical (unpaired) electrons. The Balaban J connectivity index is 2.62. The van der Waals surface area contributed by atoms with Crippen LogP contribution in [0.3, 0.4) is 0 Å². The average Bonchev–Trinajstić information content (AvgIpc) is 2.43. The fourth-order valence-electron chi connectivity index (χ4n) is 2.11. The molecule has 0 aliphatic carbocycles. The van der Waals surface area contributed by atoms with Crippen molar-refractivity contribution in [1.82, 2.24) is 9.55 Å². The molecule has 0 saturated heterocycles. The van der Waals surface area contributed by atoms with Crippen molar-refractivity contribution in [3.63, 3.8) is 0 Å². The second kappa shape index (κ2) is 5.01. The lowest BCUT2D eigenvalue weighted by atomic mass is 9.97. The van der Waals surface area contributed by atoms with Crippen LogP contribution in [0.2, 0.25) is 0 Å². The van der Waals surface area contributed by atoms with Crippen LogP contribution < -0.4 is 11.2 Å². The summed E-state index contributed by atoms with van der Waals surface area (Å²) < 4.78 is 1.08. The number of aromatic nitrogens is 2. The molecule has 0 atom stereocenters. The molecule has 0 aliphatic heterocycles. The molecule has 0 bridgehead atoms. The highest BCUT2D eigenvalue weighted by Gasteiger charge is 2.24. The van der Waals surface area contributed by atoms with Gasteiger partial charge in [-0.25, -0.2) is 4.79 Å². The molecular weight excluding hydrogens is 244 g/mol. The average molecular weight is 262 g/mol. The van der Waals surface area contributed by atoms with Gasteiger partial charge in [0.15, 0.2) is 0 Å². The molecule has 0 unspecified atom stereocenters. The van der Waals surface area contributed by atoms with Crippen LogP contribution in [0.15, 0.2) is 33.9 Å². The van der Waals surface area contributed by atoms with E-state index in [1.807, 2.05) is 13.8 Å². The first-order chi connectivity index (χ1) is 9.00. The predicted octanol–water partition coefficient (Wildman–Crippen LogP) is 1.24. The molecule has 2 N–H and O–H groups in total. The smallest absolute Gasteiger partial charge is 0.328 e. The quantitative estimate of drug-likeness (QED) is 0.870. The molecule has 1 aromatic carbocycles. The molecule has 0 aliphatic rings. The molecule has 102 valence electrons. The maximum Gasteiger partial charge on any atom is 0.328 e. The first-order valence-corrected chi connectivity index (χ1v) is 6.45. The number of nitrogens with one attached hydrogen (secondary N) is 1. The largest absolute Gasteiger partial charge is 0.388 e. The summed E-state index contributed by atoms with van der Waals surface area (Å²) in [4.78, 5) is 26.9. The maximum atomic E-state index is 12.3. The fraction of sp³-hybridized carbons (Fsp3) is 0.429. The van der Waals surface area contributed by atoms with Gasteiger partial charge < -0.3 is 10.1 Å². The maximum absolute atomic E-state index is 12.3. The van der Waals surface area contributed by atoms with Crippen molar-refractivity contribution in [2.24, 2.45) is 0 Å². The Kier molecular flexibility index (Phi) is 3.57. The van der Waals surface area contributed by atoms with Gasteiger partial charge in [-0.15, -0.1) is 0 Å². The Morgan fingerprint density at radius 2 is 1.84 bits per heavy atom. The van der Waals surface area contributed by atoms with E-state index in [0.717, 1.165) is 4.57 Å². The first-order valence-electron chi connectivity index (χ1n) is 6.45. The number of hydrogen-bond donors (Lipinski definition) is 2. The summed E-state index contributed by atoms with van der Waals surface area (Å²) >= 11 is 0.